The first kappa shape index (κ1) is 9.21. The molecule has 56 valence electrons. The predicted octanol–water partition coefficient (Wildman–Crippen LogP) is 0.807. The largest absolute Gasteiger partial charge is 0.383 e. The molecule has 1 N–H and O–H groups in total. The highest BCUT2D eigenvalue weighted by molar-refractivity contribution is 5.85. The number of ether oxygens (including phenoxy) is 1. The summed E-state index contributed by atoms with van der Waals surface area (Å²) in [5.41, 5.74) is 0. The number of methoxy groups -OCH3 is 1. The van der Waals surface area contributed by atoms with Gasteiger partial charge < -0.3 is 10.1 Å². The quantitative estimate of drug-likeness (QED) is 0.601. The average molecular weight is 152 g/mol. The van der Waals surface area contributed by atoms with Gasteiger partial charge in [-0.05, 0) is 12.8 Å². The highest BCUT2D eigenvalue weighted by Crippen LogP contribution is 2.17. The molecule has 0 aliphatic heterocycles. The minimum Gasteiger partial charge on any atom is -0.383 e. The Labute approximate surface area is 62.4 Å². The van der Waals surface area contributed by atoms with E-state index in [1.165, 1.54) is 12.8 Å². The summed E-state index contributed by atoms with van der Waals surface area (Å²) in [6.45, 7) is 1.86. The van der Waals surface area contributed by atoms with Gasteiger partial charge in [0.05, 0.1) is 6.61 Å². The highest BCUT2D eigenvalue weighted by atomic mass is 35.5. The van der Waals surface area contributed by atoms with Gasteiger partial charge in [-0.15, -0.1) is 12.4 Å². The fraction of sp³-hybridized carbons (Fsp3) is 1.00. The van der Waals surface area contributed by atoms with E-state index in [9.17, 15) is 0 Å². The molecule has 0 saturated heterocycles. The van der Waals surface area contributed by atoms with Crippen LogP contribution in [0.3, 0.4) is 0 Å². The van der Waals surface area contributed by atoms with Crippen molar-refractivity contribution in [3.63, 3.8) is 0 Å². The van der Waals surface area contributed by atoms with Crippen LogP contribution in [0.2, 0.25) is 0 Å². The third-order valence-corrected chi connectivity index (χ3v) is 1.32. The van der Waals surface area contributed by atoms with Crippen molar-refractivity contribution >= 4 is 12.4 Å². The molecule has 0 aromatic heterocycles. The van der Waals surface area contributed by atoms with Crippen LogP contribution in [0.5, 0.6) is 0 Å². The van der Waals surface area contributed by atoms with Gasteiger partial charge >= 0.3 is 0 Å². The van der Waals surface area contributed by atoms with E-state index >= 15 is 0 Å². The maximum atomic E-state index is 4.86. The lowest BCUT2D eigenvalue weighted by molar-refractivity contribution is 0.199. The summed E-state index contributed by atoms with van der Waals surface area (Å²) in [6.07, 6.45) is 2.73. The first-order valence-electron chi connectivity index (χ1n) is 3.16. The zero-order chi connectivity index (χ0) is 5.82. The zero-order valence-electron chi connectivity index (χ0n) is 5.72. The monoisotopic (exact) mass is 151 g/mol. The molecular formula is C6H14ClNO. The molecule has 0 radical (unpaired) electrons. The van der Waals surface area contributed by atoms with Gasteiger partial charge in [0, 0.05) is 19.7 Å². The van der Waals surface area contributed by atoms with Crippen LogP contribution in [0, 0.1) is 0 Å². The van der Waals surface area contributed by atoms with Crippen LogP contribution in [0.4, 0.5) is 0 Å². The maximum Gasteiger partial charge on any atom is 0.0587 e. The Morgan fingerprint density at radius 3 is 2.67 bits per heavy atom. The lowest BCUT2D eigenvalue weighted by atomic mass is 10.6. The van der Waals surface area contributed by atoms with Crippen LogP contribution < -0.4 is 5.32 Å². The van der Waals surface area contributed by atoms with Crippen molar-refractivity contribution in [2.45, 2.75) is 18.9 Å². The molecule has 0 unspecified atom stereocenters. The molecule has 0 spiro atoms. The van der Waals surface area contributed by atoms with Crippen LogP contribution in [-0.2, 0) is 4.74 Å². The first-order chi connectivity index (χ1) is 3.93. The van der Waals surface area contributed by atoms with Crippen molar-refractivity contribution in [2.24, 2.45) is 0 Å². The molecule has 0 aromatic rings. The number of hydrogen-bond acceptors (Lipinski definition) is 2. The number of rotatable bonds is 4. The number of hydrogen-bond donors (Lipinski definition) is 1. The minimum atomic E-state index is 0. The summed E-state index contributed by atoms with van der Waals surface area (Å²) < 4.78 is 4.86. The third-order valence-electron chi connectivity index (χ3n) is 1.32. The van der Waals surface area contributed by atoms with E-state index in [0.717, 1.165) is 19.2 Å². The van der Waals surface area contributed by atoms with Crippen LogP contribution >= 0.6 is 12.4 Å². The first-order valence-corrected chi connectivity index (χ1v) is 3.16. The second-order valence-electron chi connectivity index (χ2n) is 2.22. The fourth-order valence-electron chi connectivity index (χ4n) is 0.653. The minimum absolute atomic E-state index is 0. The van der Waals surface area contributed by atoms with Crippen LogP contribution in [0.15, 0.2) is 0 Å². The van der Waals surface area contributed by atoms with Crippen molar-refractivity contribution in [2.75, 3.05) is 20.3 Å². The predicted molar refractivity (Wildman–Crippen MR) is 40.1 cm³/mol. The molecule has 1 aliphatic rings. The van der Waals surface area contributed by atoms with Crippen molar-refractivity contribution < 1.29 is 4.74 Å². The van der Waals surface area contributed by atoms with Crippen molar-refractivity contribution in [3.05, 3.63) is 0 Å². The van der Waals surface area contributed by atoms with Crippen LogP contribution in [-0.4, -0.2) is 26.3 Å². The van der Waals surface area contributed by atoms with Gasteiger partial charge in [-0.2, -0.15) is 0 Å². The summed E-state index contributed by atoms with van der Waals surface area (Å²) in [5.74, 6) is 0. The van der Waals surface area contributed by atoms with E-state index in [0.29, 0.717) is 0 Å². The molecule has 9 heavy (non-hydrogen) atoms. The van der Waals surface area contributed by atoms with E-state index in [1.807, 2.05) is 0 Å². The highest BCUT2D eigenvalue weighted by Gasteiger charge is 2.19. The SMILES string of the molecule is COCCNC1CC1.Cl. The van der Waals surface area contributed by atoms with E-state index < -0.39 is 0 Å². The standard InChI is InChI=1S/C6H13NO.ClH/c1-8-5-4-7-6-2-3-6;/h6-7H,2-5H2,1H3;1H. The Morgan fingerprint density at radius 2 is 2.22 bits per heavy atom. The normalized spacial score (nSPS) is 17.0. The van der Waals surface area contributed by atoms with Crippen LogP contribution in [0.25, 0.3) is 0 Å². The van der Waals surface area contributed by atoms with Gasteiger partial charge in [0.1, 0.15) is 0 Å². The second-order valence-corrected chi connectivity index (χ2v) is 2.22. The van der Waals surface area contributed by atoms with Crippen molar-refractivity contribution in [3.8, 4) is 0 Å². The summed E-state index contributed by atoms with van der Waals surface area (Å²) in [7, 11) is 1.73. The number of nitrogens with one attached hydrogen (secondary N) is 1. The molecule has 0 heterocycles. The Kier molecular flexibility index (Phi) is 5.15. The molecule has 0 amide bonds. The Balaban J connectivity index is 0.000000640. The van der Waals surface area contributed by atoms with Gasteiger partial charge in [-0.3, -0.25) is 0 Å². The Morgan fingerprint density at radius 1 is 1.56 bits per heavy atom. The van der Waals surface area contributed by atoms with Crippen molar-refractivity contribution in [1.82, 2.24) is 5.32 Å². The average Bonchev–Trinajstić information content (AvgIpc) is 2.51. The maximum absolute atomic E-state index is 4.86. The van der Waals surface area contributed by atoms with Crippen LogP contribution in [0.1, 0.15) is 12.8 Å². The van der Waals surface area contributed by atoms with Gasteiger partial charge in [-0.1, -0.05) is 0 Å². The van der Waals surface area contributed by atoms with Crippen molar-refractivity contribution in [1.29, 1.82) is 0 Å². The fourth-order valence-corrected chi connectivity index (χ4v) is 0.653. The lowest BCUT2D eigenvalue weighted by Crippen LogP contribution is -2.20. The molecule has 0 atom stereocenters. The molecule has 2 nitrogen and oxygen atoms in total. The number of halogens is 1. The molecular weight excluding hydrogens is 138 g/mol. The van der Waals surface area contributed by atoms with Gasteiger partial charge in [-0.25, -0.2) is 0 Å². The smallest absolute Gasteiger partial charge is 0.0587 e. The van der Waals surface area contributed by atoms with E-state index in [1.54, 1.807) is 7.11 Å². The Hall–Kier alpha value is 0.210. The molecule has 1 fully saturated rings. The van der Waals surface area contributed by atoms with Gasteiger partial charge in [0.25, 0.3) is 0 Å². The lowest BCUT2D eigenvalue weighted by Gasteiger charge is -1.98. The topological polar surface area (TPSA) is 21.3 Å². The second kappa shape index (κ2) is 5.03. The van der Waals surface area contributed by atoms with E-state index in [-0.39, 0.29) is 12.4 Å². The van der Waals surface area contributed by atoms with Gasteiger partial charge in [0.15, 0.2) is 0 Å². The summed E-state index contributed by atoms with van der Waals surface area (Å²) in [4.78, 5) is 0. The molecule has 1 aliphatic carbocycles. The Bertz CT molecular complexity index is 66.1. The zero-order valence-corrected chi connectivity index (χ0v) is 6.54. The molecule has 0 aromatic carbocycles. The molecule has 1 rings (SSSR count). The van der Waals surface area contributed by atoms with E-state index in [4.69, 9.17) is 4.74 Å². The van der Waals surface area contributed by atoms with E-state index in [2.05, 4.69) is 5.32 Å². The molecule has 1 saturated carbocycles. The summed E-state index contributed by atoms with van der Waals surface area (Å²) >= 11 is 0. The third kappa shape index (κ3) is 4.70. The summed E-state index contributed by atoms with van der Waals surface area (Å²) in [5, 5.41) is 3.33. The van der Waals surface area contributed by atoms with Gasteiger partial charge in [0.2, 0.25) is 0 Å². The molecule has 0 bridgehead atoms. The molecule has 3 heteroatoms. The summed E-state index contributed by atoms with van der Waals surface area (Å²) in [6, 6.07) is 0.824.